The molecule has 0 spiro atoms. The largest absolute Gasteiger partial charge is 0.489 e. The molecule has 6 nitrogen and oxygen atoms in total. The normalized spacial score (nSPS) is 10.9. The van der Waals surface area contributed by atoms with E-state index < -0.39 is 0 Å². The highest BCUT2D eigenvalue weighted by Crippen LogP contribution is 2.37. The fourth-order valence-electron chi connectivity index (χ4n) is 3.47. The standard InChI is InChI=1S/C27H23N5OS/c1-18-7-13-23-26(31-18)29-17-30-27(23)32-24-15-20(28)8-14-25(24)34-22-11-9-21(10-12-22)33-16-19-5-3-2-4-6-19/h2-15,17H,16,28H2,1H3,(H,29,30,31,32). The minimum Gasteiger partial charge on any atom is -0.489 e. The van der Waals surface area contributed by atoms with Gasteiger partial charge < -0.3 is 15.8 Å². The second-order valence-corrected chi connectivity index (χ2v) is 8.89. The van der Waals surface area contributed by atoms with Crippen molar-refractivity contribution in [3.05, 3.63) is 103 Å². The molecule has 5 rings (SSSR count). The van der Waals surface area contributed by atoms with Crippen LogP contribution < -0.4 is 15.8 Å². The van der Waals surface area contributed by atoms with Crippen molar-refractivity contribution in [3.63, 3.8) is 0 Å². The monoisotopic (exact) mass is 465 g/mol. The molecule has 0 atom stereocenters. The van der Waals surface area contributed by atoms with Crippen molar-refractivity contribution in [1.29, 1.82) is 0 Å². The van der Waals surface area contributed by atoms with Crippen LogP contribution in [0.15, 0.2) is 101 Å². The van der Waals surface area contributed by atoms with E-state index >= 15 is 0 Å². The Morgan fingerprint density at radius 1 is 0.912 bits per heavy atom. The molecule has 168 valence electrons. The molecule has 0 saturated heterocycles. The number of nitrogens with two attached hydrogens (primary N) is 1. The van der Waals surface area contributed by atoms with Gasteiger partial charge in [-0.2, -0.15) is 0 Å². The molecule has 0 saturated carbocycles. The minimum atomic E-state index is 0.542. The van der Waals surface area contributed by atoms with E-state index in [4.69, 9.17) is 10.5 Å². The fraction of sp³-hybridized carbons (Fsp3) is 0.0741. The SMILES string of the molecule is Cc1ccc2c(Nc3cc(N)ccc3Sc3ccc(OCc4ccccc4)cc3)ncnc2n1. The van der Waals surface area contributed by atoms with Crippen molar-refractivity contribution in [2.45, 2.75) is 23.3 Å². The Labute approximate surface area is 202 Å². The molecule has 0 fully saturated rings. The Kier molecular flexibility index (Phi) is 6.27. The summed E-state index contributed by atoms with van der Waals surface area (Å²) in [6, 6.07) is 28.0. The predicted molar refractivity (Wildman–Crippen MR) is 138 cm³/mol. The van der Waals surface area contributed by atoms with E-state index in [9.17, 15) is 0 Å². The zero-order chi connectivity index (χ0) is 23.3. The molecular formula is C27H23N5OS. The first-order valence-corrected chi connectivity index (χ1v) is 11.7. The lowest BCUT2D eigenvalue weighted by atomic mass is 10.2. The number of fused-ring (bicyclic) bond motifs is 1. The number of aryl methyl sites for hydroxylation is 1. The summed E-state index contributed by atoms with van der Waals surface area (Å²) in [5.74, 6) is 1.52. The molecular weight excluding hydrogens is 442 g/mol. The lowest BCUT2D eigenvalue weighted by molar-refractivity contribution is 0.306. The molecule has 3 aromatic carbocycles. The van der Waals surface area contributed by atoms with Crippen LogP contribution in [0.25, 0.3) is 11.0 Å². The topological polar surface area (TPSA) is 86.0 Å². The third kappa shape index (κ3) is 5.10. The van der Waals surface area contributed by atoms with Gasteiger partial charge >= 0.3 is 0 Å². The number of aromatic nitrogens is 3. The lowest BCUT2D eigenvalue weighted by Crippen LogP contribution is -2.00. The van der Waals surface area contributed by atoms with Crippen LogP contribution in [0.2, 0.25) is 0 Å². The van der Waals surface area contributed by atoms with E-state index in [1.54, 1.807) is 11.8 Å². The van der Waals surface area contributed by atoms with Gasteiger partial charge in [-0.15, -0.1) is 0 Å². The first kappa shape index (κ1) is 21.7. The number of nitrogen functional groups attached to an aromatic ring is 1. The molecule has 0 radical (unpaired) electrons. The van der Waals surface area contributed by atoms with Gasteiger partial charge in [0.2, 0.25) is 0 Å². The number of rotatable bonds is 7. The average Bonchev–Trinajstić information content (AvgIpc) is 2.86. The zero-order valence-corrected chi connectivity index (χ0v) is 19.4. The van der Waals surface area contributed by atoms with Crippen molar-refractivity contribution in [2.24, 2.45) is 0 Å². The molecule has 0 amide bonds. The van der Waals surface area contributed by atoms with Gasteiger partial charge in [0.05, 0.1) is 11.1 Å². The maximum Gasteiger partial charge on any atom is 0.164 e. The molecule has 7 heteroatoms. The number of pyridine rings is 1. The number of nitrogens with one attached hydrogen (secondary N) is 1. The number of anilines is 3. The summed E-state index contributed by atoms with van der Waals surface area (Å²) in [5.41, 5.74) is 10.3. The maximum atomic E-state index is 6.10. The van der Waals surface area contributed by atoms with Crippen LogP contribution in [0.3, 0.4) is 0 Å². The smallest absolute Gasteiger partial charge is 0.164 e. The van der Waals surface area contributed by atoms with Gasteiger partial charge in [0.1, 0.15) is 24.5 Å². The van der Waals surface area contributed by atoms with Crippen LogP contribution in [0.5, 0.6) is 5.75 Å². The average molecular weight is 466 g/mol. The number of nitrogens with zero attached hydrogens (tertiary/aromatic N) is 3. The van der Waals surface area contributed by atoms with Crippen LogP contribution in [0, 0.1) is 6.92 Å². The molecule has 0 unspecified atom stereocenters. The number of ether oxygens (including phenoxy) is 1. The van der Waals surface area contributed by atoms with Crippen molar-refractivity contribution in [2.75, 3.05) is 11.1 Å². The van der Waals surface area contributed by atoms with Gasteiger partial charge in [-0.25, -0.2) is 15.0 Å². The van der Waals surface area contributed by atoms with Gasteiger partial charge in [-0.3, -0.25) is 0 Å². The molecule has 34 heavy (non-hydrogen) atoms. The highest BCUT2D eigenvalue weighted by atomic mass is 32.2. The summed E-state index contributed by atoms with van der Waals surface area (Å²) in [6.45, 7) is 2.49. The van der Waals surface area contributed by atoms with Crippen LogP contribution >= 0.6 is 11.8 Å². The quantitative estimate of drug-likeness (QED) is 0.269. The third-order valence-corrected chi connectivity index (χ3v) is 6.28. The maximum absolute atomic E-state index is 6.10. The molecule has 3 N–H and O–H groups in total. The summed E-state index contributed by atoms with van der Waals surface area (Å²) in [6.07, 6.45) is 1.52. The first-order valence-electron chi connectivity index (χ1n) is 10.8. The predicted octanol–water partition coefficient (Wildman–Crippen LogP) is 6.39. The summed E-state index contributed by atoms with van der Waals surface area (Å²) in [5, 5.41) is 4.28. The van der Waals surface area contributed by atoms with Crippen LogP contribution in [0.4, 0.5) is 17.2 Å². The Balaban J connectivity index is 1.34. The summed E-state index contributed by atoms with van der Waals surface area (Å²) in [4.78, 5) is 15.3. The second-order valence-electron chi connectivity index (χ2n) is 7.77. The van der Waals surface area contributed by atoms with Gasteiger partial charge in [-0.05, 0) is 67.1 Å². The first-order chi connectivity index (χ1) is 16.6. The Hall–Kier alpha value is -4.10. The summed E-state index contributed by atoms with van der Waals surface area (Å²) in [7, 11) is 0. The molecule has 2 aromatic heterocycles. The van der Waals surface area contributed by atoms with E-state index in [2.05, 4.69) is 44.5 Å². The molecule has 0 aliphatic carbocycles. The molecule has 0 bridgehead atoms. The van der Waals surface area contributed by atoms with Crippen LogP contribution in [-0.4, -0.2) is 15.0 Å². The highest BCUT2D eigenvalue weighted by Gasteiger charge is 2.10. The van der Waals surface area contributed by atoms with E-state index in [0.29, 0.717) is 23.8 Å². The van der Waals surface area contributed by atoms with Crippen molar-refractivity contribution in [1.82, 2.24) is 15.0 Å². The molecule has 2 heterocycles. The van der Waals surface area contributed by atoms with Gasteiger partial charge in [0.15, 0.2) is 5.65 Å². The molecule has 0 aliphatic rings. The third-order valence-electron chi connectivity index (χ3n) is 5.19. The van der Waals surface area contributed by atoms with E-state index in [-0.39, 0.29) is 0 Å². The molecule has 5 aromatic rings. The van der Waals surface area contributed by atoms with Gasteiger partial charge in [-0.1, -0.05) is 42.1 Å². The second kappa shape index (κ2) is 9.80. The van der Waals surface area contributed by atoms with Crippen LogP contribution in [0.1, 0.15) is 11.3 Å². The van der Waals surface area contributed by atoms with E-state index in [1.165, 1.54) is 6.33 Å². The molecule has 0 aliphatic heterocycles. The number of benzene rings is 3. The van der Waals surface area contributed by atoms with Gasteiger partial charge in [0, 0.05) is 21.2 Å². The van der Waals surface area contributed by atoms with Crippen molar-refractivity contribution >= 4 is 40.0 Å². The Bertz CT molecular complexity index is 1420. The Morgan fingerprint density at radius 2 is 1.74 bits per heavy atom. The summed E-state index contributed by atoms with van der Waals surface area (Å²) < 4.78 is 5.91. The highest BCUT2D eigenvalue weighted by molar-refractivity contribution is 7.99. The Morgan fingerprint density at radius 3 is 2.56 bits per heavy atom. The van der Waals surface area contributed by atoms with Crippen molar-refractivity contribution in [3.8, 4) is 5.75 Å². The fourth-order valence-corrected chi connectivity index (χ4v) is 4.35. The number of hydrogen-bond acceptors (Lipinski definition) is 7. The summed E-state index contributed by atoms with van der Waals surface area (Å²) >= 11 is 1.64. The number of hydrogen-bond donors (Lipinski definition) is 2. The minimum absolute atomic E-state index is 0.542. The van der Waals surface area contributed by atoms with Gasteiger partial charge in [0.25, 0.3) is 0 Å². The lowest BCUT2D eigenvalue weighted by Gasteiger charge is -2.14. The van der Waals surface area contributed by atoms with Crippen molar-refractivity contribution < 1.29 is 4.74 Å². The van der Waals surface area contributed by atoms with Crippen LogP contribution in [-0.2, 0) is 6.61 Å². The van der Waals surface area contributed by atoms with E-state index in [1.807, 2.05) is 67.6 Å². The van der Waals surface area contributed by atoms with E-state index in [0.717, 1.165) is 37.9 Å². The zero-order valence-electron chi connectivity index (χ0n) is 18.6.